The van der Waals surface area contributed by atoms with Crippen molar-refractivity contribution in [2.45, 2.75) is 5.75 Å². The van der Waals surface area contributed by atoms with E-state index in [0.29, 0.717) is 11.7 Å². The first-order valence-corrected chi connectivity index (χ1v) is 3.14. The van der Waals surface area contributed by atoms with Gasteiger partial charge in [0.15, 0.2) is 0 Å². The zero-order chi connectivity index (χ0) is 6.69. The van der Waals surface area contributed by atoms with Gasteiger partial charge < -0.3 is 5.73 Å². The van der Waals surface area contributed by atoms with E-state index >= 15 is 0 Å². The lowest BCUT2D eigenvalue weighted by atomic mass is 10.5. The van der Waals surface area contributed by atoms with Crippen LogP contribution in [0, 0.1) is 0 Å². The number of nitrogens with two attached hydrogens (primary N) is 1. The summed E-state index contributed by atoms with van der Waals surface area (Å²) >= 11 is 4.01. The second kappa shape index (κ2) is 2.68. The average Bonchev–Trinajstić information content (AvgIpc) is 1.88. The van der Waals surface area contributed by atoms with Crippen molar-refractivity contribution >= 4 is 18.6 Å². The molecule has 0 aliphatic carbocycles. The molecule has 0 atom stereocenters. The molecule has 4 heteroatoms. The molecule has 0 saturated heterocycles. The lowest BCUT2D eigenvalue weighted by Gasteiger charge is -1.93. The monoisotopic (exact) mass is 141 g/mol. The fraction of sp³-hybridized carbons (Fsp3) is 0.200. The summed E-state index contributed by atoms with van der Waals surface area (Å²) in [6, 6.07) is 1.78. The van der Waals surface area contributed by atoms with Crippen LogP contribution in [0.1, 0.15) is 5.69 Å². The maximum absolute atomic E-state index is 5.28. The van der Waals surface area contributed by atoms with Gasteiger partial charge in [-0.15, -0.1) is 0 Å². The van der Waals surface area contributed by atoms with Crippen molar-refractivity contribution in [3.05, 3.63) is 18.0 Å². The zero-order valence-corrected chi connectivity index (χ0v) is 5.68. The second-order valence-electron chi connectivity index (χ2n) is 1.56. The molecule has 1 aromatic heterocycles. The molecule has 2 N–H and O–H groups in total. The number of thiol groups is 1. The third kappa shape index (κ3) is 1.57. The summed E-state index contributed by atoms with van der Waals surface area (Å²) in [7, 11) is 0. The van der Waals surface area contributed by atoms with Crippen LogP contribution in [0.5, 0.6) is 0 Å². The molecule has 0 saturated carbocycles. The van der Waals surface area contributed by atoms with Crippen LogP contribution < -0.4 is 5.73 Å². The van der Waals surface area contributed by atoms with Gasteiger partial charge in [0.25, 0.3) is 0 Å². The third-order valence-corrected chi connectivity index (χ3v) is 1.22. The van der Waals surface area contributed by atoms with Gasteiger partial charge in [0, 0.05) is 11.9 Å². The van der Waals surface area contributed by atoms with E-state index in [1.165, 1.54) is 0 Å². The van der Waals surface area contributed by atoms with Crippen LogP contribution >= 0.6 is 12.6 Å². The Bertz CT molecular complexity index is 201. The fourth-order valence-corrected chi connectivity index (χ4v) is 0.677. The molecule has 0 aliphatic rings. The smallest absolute Gasteiger partial charge is 0.220 e. The first kappa shape index (κ1) is 6.35. The van der Waals surface area contributed by atoms with Crippen LogP contribution in [0.4, 0.5) is 5.95 Å². The molecule has 0 unspecified atom stereocenters. The van der Waals surface area contributed by atoms with Crippen LogP contribution in [-0.4, -0.2) is 9.97 Å². The van der Waals surface area contributed by atoms with E-state index in [1.54, 1.807) is 12.3 Å². The van der Waals surface area contributed by atoms with Gasteiger partial charge in [-0.3, -0.25) is 0 Å². The Hall–Kier alpha value is -0.770. The minimum atomic E-state index is 0.307. The molecule has 1 aromatic rings. The molecule has 0 fully saturated rings. The molecule has 9 heavy (non-hydrogen) atoms. The van der Waals surface area contributed by atoms with Crippen molar-refractivity contribution in [1.82, 2.24) is 9.97 Å². The van der Waals surface area contributed by atoms with E-state index in [4.69, 9.17) is 5.73 Å². The molecule has 0 bridgehead atoms. The van der Waals surface area contributed by atoms with Gasteiger partial charge >= 0.3 is 0 Å². The van der Waals surface area contributed by atoms with Crippen molar-refractivity contribution in [2.24, 2.45) is 0 Å². The molecule has 0 radical (unpaired) electrons. The second-order valence-corrected chi connectivity index (χ2v) is 1.88. The maximum atomic E-state index is 5.28. The van der Waals surface area contributed by atoms with Crippen molar-refractivity contribution in [1.29, 1.82) is 0 Å². The Kier molecular flexibility index (Phi) is 1.89. The number of aromatic nitrogens is 2. The van der Waals surface area contributed by atoms with E-state index in [9.17, 15) is 0 Å². The van der Waals surface area contributed by atoms with Gasteiger partial charge in [-0.25, -0.2) is 9.97 Å². The number of nitrogen functional groups attached to an aromatic ring is 1. The molecule has 1 heterocycles. The van der Waals surface area contributed by atoms with E-state index in [0.717, 1.165) is 5.69 Å². The summed E-state index contributed by atoms with van der Waals surface area (Å²) in [4.78, 5) is 7.60. The van der Waals surface area contributed by atoms with Crippen LogP contribution in [0.3, 0.4) is 0 Å². The number of rotatable bonds is 1. The van der Waals surface area contributed by atoms with Crippen LogP contribution in [-0.2, 0) is 5.75 Å². The van der Waals surface area contributed by atoms with Gasteiger partial charge in [0.05, 0.1) is 5.69 Å². The minimum absolute atomic E-state index is 0.307. The SMILES string of the molecule is Nc1nccc(CS)n1. The zero-order valence-electron chi connectivity index (χ0n) is 4.78. The van der Waals surface area contributed by atoms with Gasteiger partial charge in [-0.1, -0.05) is 0 Å². The predicted octanol–water partition coefficient (Wildman–Crippen LogP) is 0.489. The van der Waals surface area contributed by atoms with Crippen LogP contribution in [0.2, 0.25) is 0 Å². The first-order valence-electron chi connectivity index (χ1n) is 2.51. The number of hydrogen-bond donors (Lipinski definition) is 2. The summed E-state index contributed by atoms with van der Waals surface area (Å²) in [6.07, 6.45) is 1.62. The molecule has 48 valence electrons. The largest absolute Gasteiger partial charge is 0.368 e. The highest BCUT2D eigenvalue weighted by molar-refractivity contribution is 7.79. The van der Waals surface area contributed by atoms with Crippen molar-refractivity contribution in [2.75, 3.05) is 5.73 Å². The van der Waals surface area contributed by atoms with Gasteiger partial charge in [-0.2, -0.15) is 12.6 Å². The molecule has 1 rings (SSSR count). The van der Waals surface area contributed by atoms with E-state index < -0.39 is 0 Å². The molecule has 0 spiro atoms. The number of hydrogen-bond acceptors (Lipinski definition) is 4. The van der Waals surface area contributed by atoms with Crippen molar-refractivity contribution in [3.63, 3.8) is 0 Å². The van der Waals surface area contributed by atoms with Crippen molar-refractivity contribution in [3.8, 4) is 0 Å². The van der Waals surface area contributed by atoms with Crippen LogP contribution in [0.25, 0.3) is 0 Å². The lowest BCUT2D eigenvalue weighted by molar-refractivity contribution is 1.11. The molecule has 0 amide bonds. The van der Waals surface area contributed by atoms with E-state index in [1.807, 2.05) is 0 Å². The minimum Gasteiger partial charge on any atom is -0.368 e. The number of anilines is 1. The topological polar surface area (TPSA) is 51.8 Å². The summed E-state index contributed by atoms with van der Waals surface area (Å²) < 4.78 is 0. The van der Waals surface area contributed by atoms with E-state index in [-0.39, 0.29) is 0 Å². The number of nitrogens with zero attached hydrogens (tertiary/aromatic N) is 2. The van der Waals surface area contributed by atoms with Gasteiger partial charge in [0.2, 0.25) is 5.95 Å². The van der Waals surface area contributed by atoms with Gasteiger partial charge in [-0.05, 0) is 6.07 Å². The molecular formula is C5H7N3S. The first-order chi connectivity index (χ1) is 4.33. The van der Waals surface area contributed by atoms with E-state index in [2.05, 4.69) is 22.6 Å². The maximum Gasteiger partial charge on any atom is 0.220 e. The summed E-state index contributed by atoms with van der Waals surface area (Å²) in [5.41, 5.74) is 6.13. The quantitative estimate of drug-likeness (QED) is 0.559. The molecular weight excluding hydrogens is 134 g/mol. The lowest BCUT2D eigenvalue weighted by Crippen LogP contribution is -1.95. The molecule has 3 nitrogen and oxygen atoms in total. The summed E-state index contributed by atoms with van der Waals surface area (Å²) in [5.74, 6) is 0.911. The highest BCUT2D eigenvalue weighted by atomic mass is 32.1. The average molecular weight is 141 g/mol. The van der Waals surface area contributed by atoms with Crippen LogP contribution in [0.15, 0.2) is 12.3 Å². The highest BCUT2D eigenvalue weighted by Gasteiger charge is 1.89. The summed E-state index contributed by atoms with van der Waals surface area (Å²) in [5, 5.41) is 0. The van der Waals surface area contributed by atoms with Crippen molar-refractivity contribution < 1.29 is 0 Å². The molecule has 0 aromatic carbocycles. The molecule has 0 aliphatic heterocycles. The summed E-state index contributed by atoms with van der Waals surface area (Å²) in [6.45, 7) is 0. The Morgan fingerprint density at radius 1 is 1.67 bits per heavy atom. The fourth-order valence-electron chi connectivity index (χ4n) is 0.501. The normalized spacial score (nSPS) is 9.44. The Morgan fingerprint density at radius 3 is 2.89 bits per heavy atom. The highest BCUT2D eigenvalue weighted by Crippen LogP contribution is 1.98. The Balaban J connectivity index is 2.94. The predicted molar refractivity (Wildman–Crippen MR) is 39.1 cm³/mol. The Labute approximate surface area is 58.7 Å². The third-order valence-electron chi connectivity index (χ3n) is 0.894. The van der Waals surface area contributed by atoms with Gasteiger partial charge in [0.1, 0.15) is 0 Å². The Morgan fingerprint density at radius 2 is 2.44 bits per heavy atom. The standard InChI is InChI=1S/C5H7N3S/c6-5-7-2-1-4(3-9)8-5/h1-2,9H,3H2,(H2,6,7,8).